The van der Waals surface area contributed by atoms with E-state index in [2.05, 4.69) is 11.9 Å². The molecule has 0 fully saturated rings. The van der Waals surface area contributed by atoms with E-state index in [1.165, 1.54) is 4.57 Å². The molecule has 4 rings (SSSR count). The normalized spacial score (nSPS) is 20.1. The molecule has 2 aromatic rings. The molecule has 1 unspecified atom stereocenters. The number of Topliss-reactive ketones (excluding diaryl/α,β-unsaturated/α-hetero) is 1. The summed E-state index contributed by atoms with van der Waals surface area (Å²) in [5, 5.41) is 0.559. The quantitative estimate of drug-likeness (QED) is 0.806. The molecular weight excluding hydrogens is 390 g/mol. The van der Waals surface area contributed by atoms with E-state index < -0.39 is 5.69 Å². The highest BCUT2D eigenvalue weighted by atomic mass is 35.5. The van der Waals surface area contributed by atoms with Crippen LogP contribution in [0.25, 0.3) is 5.69 Å². The number of carbonyl (C=O) groups is 1. The van der Waals surface area contributed by atoms with Gasteiger partial charge in [-0.2, -0.15) is 4.98 Å². The SMILES string of the molecule is CCCC1C2=C(CC(C)(C)CC2=O)Oc2nc(=O)n(-c3ccc(Cl)cc3)c(N)c21. The van der Waals surface area contributed by atoms with Crippen LogP contribution in [0.5, 0.6) is 5.88 Å². The molecule has 29 heavy (non-hydrogen) atoms. The van der Waals surface area contributed by atoms with Gasteiger partial charge in [0.15, 0.2) is 5.78 Å². The Labute approximate surface area is 174 Å². The number of nitrogens with zero attached hydrogens (tertiary/aromatic N) is 2. The Bertz CT molecular complexity index is 1080. The van der Waals surface area contributed by atoms with Gasteiger partial charge in [-0.25, -0.2) is 9.36 Å². The van der Waals surface area contributed by atoms with E-state index in [9.17, 15) is 9.59 Å². The first-order chi connectivity index (χ1) is 13.7. The number of ether oxygens (including phenoxy) is 1. The van der Waals surface area contributed by atoms with Crippen molar-refractivity contribution in [2.45, 2.75) is 52.4 Å². The Morgan fingerprint density at radius 2 is 1.93 bits per heavy atom. The van der Waals surface area contributed by atoms with Crippen molar-refractivity contribution in [3.05, 3.63) is 56.7 Å². The van der Waals surface area contributed by atoms with Crippen molar-refractivity contribution in [1.29, 1.82) is 0 Å². The van der Waals surface area contributed by atoms with Crippen LogP contribution in [-0.2, 0) is 4.79 Å². The highest BCUT2D eigenvalue weighted by Crippen LogP contribution is 2.49. The van der Waals surface area contributed by atoms with Crippen LogP contribution in [0, 0.1) is 5.41 Å². The molecule has 2 aliphatic rings. The third-order valence-electron chi connectivity index (χ3n) is 5.59. The fourth-order valence-electron chi connectivity index (χ4n) is 4.37. The molecule has 0 amide bonds. The summed E-state index contributed by atoms with van der Waals surface area (Å²) in [6, 6.07) is 6.81. The number of benzene rings is 1. The van der Waals surface area contributed by atoms with Gasteiger partial charge >= 0.3 is 5.69 Å². The van der Waals surface area contributed by atoms with Crippen LogP contribution >= 0.6 is 11.6 Å². The number of hydrogen-bond acceptors (Lipinski definition) is 5. The van der Waals surface area contributed by atoms with E-state index in [1.54, 1.807) is 24.3 Å². The maximum atomic E-state index is 13.0. The largest absolute Gasteiger partial charge is 0.442 e. The molecule has 0 bridgehead atoms. The zero-order valence-corrected chi connectivity index (χ0v) is 17.5. The van der Waals surface area contributed by atoms with Crippen LogP contribution in [0.3, 0.4) is 0 Å². The van der Waals surface area contributed by atoms with Crippen LogP contribution < -0.4 is 16.2 Å². The monoisotopic (exact) mass is 413 g/mol. The Morgan fingerprint density at radius 1 is 1.24 bits per heavy atom. The zero-order valence-electron chi connectivity index (χ0n) is 16.8. The topological polar surface area (TPSA) is 87.2 Å². The average molecular weight is 414 g/mol. The molecule has 0 saturated heterocycles. The highest BCUT2D eigenvalue weighted by molar-refractivity contribution is 6.30. The minimum absolute atomic E-state index is 0.0870. The summed E-state index contributed by atoms with van der Waals surface area (Å²) in [6.07, 6.45) is 2.69. The van der Waals surface area contributed by atoms with Crippen molar-refractivity contribution < 1.29 is 9.53 Å². The summed E-state index contributed by atoms with van der Waals surface area (Å²) >= 11 is 5.98. The lowest BCUT2D eigenvalue weighted by Gasteiger charge is -2.38. The van der Waals surface area contributed by atoms with Crippen LogP contribution in [0.4, 0.5) is 5.82 Å². The second-order valence-corrected chi connectivity index (χ2v) is 8.97. The molecule has 2 heterocycles. The Hall–Kier alpha value is -2.60. The molecule has 1 aromatic heterocycles. The van der Waals surface area contributed by atoms with Gasteiger partial charge in [0.05, 0.1) is 11.3 Å². The lowest BCUT2D eigenvalue weighted by Crippen LogP contribution is -2.35. The average Bonchev–Trinajstić information content (AvgIpc) is 2.61. The Morgan fingerprint density at radius 3 is 2.59 bits per heavy atom. The number of aromatic nitrogens is 2. The Kier molecular flexibility index (Phi) is 4.77. The van der Waals surface area contributed by atoms with E-state index in [4.69, 9.17) is 22.1 Å². The number of anilines is 1. The molecule has 1 aromatic carbocycles. The second kappa shape index (κ2) is 7.02. The van der Waals surface area contributed by atoms with Crippen molar-refractivity contribution in [1.82, 2.24) is 9.55 Å². The molecule has 0 spiro atoms. The van der Waals surface area contributed by atoms with Gasteiger partial charge in [0, 0.05) is 29.4 Å². The molecule has 6 nitrogen and oxygen atoms in total. The van der Waals surface area contributed by atoms with Crippen molar-refractivity contribution in [2.75, 3.05) is 5.73 Å². The number of hydrogen-bond donors (Lipinski definition) is 1. The van der Waals surface area contributed by atoms with E-state index in [1.807, 2.05) is 13.8 Å². The first kappa shape index (κ1) is 19.7. The van der Waals surface area contributed by atoms with Gasteiger partial charge in [-0.1, -0.05) is 38.8 Å². The molecule has 0 saturated carbocycles. The number of fused-ring (bicyclic) bond motifs is 1. The molecule has 152 valence electrons. The second-order valence-electron chi connectivity index (χ2n) is 8.53. The van der Waals surface area contributed by atoms with Gasteiger partial charge in [-0.15, -0.1) is 0 Å². The van der Waals surface area contributed by atoms with Gasteiger partial charge in [0.25, 0.3) is 0 Å². The van der Waals surface area contributed by atoms with E-state index in [-0.39, 0.29) is 28.8 Å². The van der Waals surface area contributed by atoms with E-state index >= 15 is 0 Å². The smallest absolute Gasteiger partial charge is 0.357 e. The van der Waals surface area contributed by atoms with E-state index in [0.717, 1.165) is 12.8 Å². The fourth-order valence-corrected chi connectivity index (χ4v) is 4.50. The minimum atomic E-state index is -0.524. The zero-order chi connectivity index (χ0) is 20.9. The van der Waals surface area contributed by atoms with Crippen molar-refractivity contribution in [2.24, 2.45) is 5.41 Å². The lowest BCUT2D eigenvalue weighted by atomic mass is 9.71. The number of halogens is 1. The lowest BCUT2D eigenvalue weighted by molar-refractivity contribution is -0.119. The van der Waals surface area contributed by atoms with Crippen LogP contribution in [0.15, 0.2) is 40.4 Å². The third kappa shape index (κ3) is 3.35. The first-order valence-corrected chi connectivity index (χ1v) is 10.2. The molecular formula is C22H24ClN3O3. The minimum Gasteiger partial charge on any atom is -0.442 e. The molecule has 1 aliphatic heterocycles. The summed E-state index contributed by atoms with van der Waals surface area (Å²) in [7, 11) is 0. The van der Waals surface area contributed by atoms with Crippen molar-refractivity contribution in [3.8, 4) is 11.6 Å². The number of nitrogens with two attached hydrogens (primary N) is 1. The summed E-state index contributed by atoms with van der Waals surface area (Å²) in [5.74, 6) is 0.969. The molecule has 1 atom stereocenters. The number of rotatable bonds is 3. The number of carbonyl (C=O) groups excluding carboxylic acids is 1. The molecule has 1 aliphatic carbocycles. The van der Waals surface area contributed by atoms with Gasteiger partial charge in [-0.05, 0) is 36.1 Å². The maximum absolute atomic E-state index is 13.0. The molecule has 0 radical (unpaired) electrons. The van der Waals surface area contributed by atoms with Crippen molar-refractivity contribution in [3.63, 3.8) is 0 Å². The van der Waals surface area contributed by atoms with Gasteiger partial charge in [-0.3, -0.25) is 4.79 Å². The first-order valence-electron chi connectivity index (χ1n) is 9.84. The fraction of sp³-hybridized carbons (Fsp3) is 0.409. The highest BCUT2D eigenvalue weighted by Gasteiger charge is 2.43. The van der Waals surface area contributed by atoms with Crippen LogP contribution in [-0.4, -0.2) is 15.3 Å². The summed E-state index contributed by atoms with van der Waals surface area (Å²) in [5.41, 5.74) is 7.66. The summed E-state index contributed by atoms with van der Waals surface area (Å²) in [6.45, 7) is 6.15. The number of allylic oxidation sites excluding steroid dienone is 2. The maximum Gasteiger partial charge on any atom is 0.357 e. The third-order valence-corrected chi connectivity index (χ3v) is 5.85. The predicted octanol–water partition coefficient (Wildman–Crippen LogP) is 4.39. The Balaban J connectivity index is 1.92. The number of ketones is 1. The van der Waals surface area contributed by atoms with E-state index in [0.29, 0.717) is 40.4 Å². The van der Waals surface area contributed by atoms with Crippen LogP contribution in [0.2, 0.25) is 5.02 Å². The van der Waals surface area contributed by atoms with Crippen molar-refractivity contribution >= 4 is 23.2 Å². The predicted molar refractivity (Wildman–Crippen MR) is 113 cm³/mol. The molecule has 2 N–H and O–H groups in total. The number of nitrogen functional groups attached to an aromatic ring is 1. The van der Waals surface area contributed by atoms with Crippen LogP contribution in [0.1, 0.15) is 57.9 Å². The standard InChI is InChI=1S/C22H24ClN3O3/c1-4-5-14-17-15(27)10-22(2,3)11-16(17)29-20-18(14)19(24)26(21(28)25-20)13-8-6-12(23)7-9-13/h6-9,14H,4-5,10-11,24H2,1-3H3. The van der Waals surface area contributed by atoms with Gasteiger partial charge in [0.2, 0.25) is 5.88 Å². The molecule has 7 heteroatoms. The van der Waals surface area contributed by atoms with Gasteiger partial charge in [0.1, 0.15) is 11.6 Å². The summed E-state index contributed by atoms with van der Waals surface area (Å²) < 4.78 is 7.37. The summed E-state index contributed by atoms with van der Waals surface area (Å²) in [4.78, 5) is 30.0. The van der Waals surface area contributed by atoms with Gasteiger partial charge < -0.3 is 10.5 Å².